The molecule has 1 aliphatic carbocycles. The second kappa shape index (κ2) is 12.3. The molecule has 0 aliphatic heterocycles. The number of carbonyl (C=O) groups is 3. The molecule has 0 aromatic carbocycles. The fraction of sp³-hybridized carbons (Fsp3) is 0.444. The number of rotatable bonds is 8. The van der Waals surface area contributed by atoms with Crippen LogP contribution in [0.25, 0.3) is 11.4 Å². The normalized spacial score (nSPS) is 15.8. The largest absolute Gasteiger partial charge is 0.444 e. The Hall–Kier alpha value is -4.47. The van der Waals surface area contributed by atoms with Gasteiger partial charge in [-0.3, -0.25) is 15.1 Å². The van der Waals surface area contributed by atoms with Crippen molar-refractivity contribution in [3.63, 3.8) is 0 Å². The summed E-state index contributed by atoms with van der Waals surface area (Å²) in [6.45, 7) is 6.10. The Kier molecular flexibility index (Phi) is 9.04. The van der Waals surface area contributed by atoms with Gasteiger partial charge in [0.2, 0.25) is 11.8 Å². The number of nitrogens with zero attached hydrogens (tertiary/aromatic N) is 5. The lowest BCUT2D eigenvalue weighted by Gasteiger charge is -2.45. The standard InChI is InChI=1S/C27H30ClF3N8O5/c1-14(17-8-15(29)9-33-20(17)28)43-24(42)36-21-19(37-38-39(21)5)18-7-6-16(10-32-18)35-22(40)26(11-27(30,31)12-26)13-34-23(41)44-25(2,3)4/h6-10,14H,11-13H2,1-5H3,(H,34,41)(H,35,40)(H,36,42)/t14-/m1/s1. The number of ether oxygens (including phenoxy) is 2. The molecule has 1 fully saturated rings. The highest BCUT2D eigenvalue weighted by molar-refractivity contribution is 6.30. The average molecular weight is 639 g/mol. The van der Waals surface area contributed by atoms with Gasteiger partial charge in [0.25, 0.3) is 0 Å². The van der Waals surface area contributed by atoms with Crippen LogP contribution < -0.4 is 16.0 Å². The molecule has 0 bridgehead atoms. The molecule has 17 heteroatoms. The van der Waals surface area contributed by atoms with Crippen LogP contribution in [0.15, 0.2) is 30.6 Å². The van der Waals surface area contributed by atoms with Crippen molar-refractivity contribution >= 4 is 41.2 Å². The number of hydrogen-bond acceptors (Lipinski definition) is 9. The third kappa shape index (κ3) is 7.72. The lowest BCUT2D eigenvalue weighted by molar-refractivity contribution is -0.173. The predicted octanol–water partition coefficient (Wildman–Crippen LogP) is 5.25. The summed E-state index contributed by atoms with van der Waals surface area (Å²) in [6.07, 6.45) is -1.99. The van der Waals surface area contributed by atoms with Crippen LogP contribution in [0.3, 0.4) is 0 Å². The molecule has 0 radical (unpaired) electrons. The molecule has 0 unspecified atom stereocenters. The van der Waals surface area contributed by atoms with Gasteiger partial charge in [-0.1, -0.05) is 16.8 Å². The Morgan fingerprint density at radius 2 is 1.82 bits per heavy atom. The number of anilines is 2. The summed E-state index contributed by atoms with van der Waals surface area (Å²) in [7, 11) is 1.51. The Bertz CT molecular complexity index is 1550. The zero-order valence-electron chi connectivity index (χ0n) is 24.4. The van der Waals surface area contributed by atoms with E-state index >= 15 is 0 Å². The van der Waals surface area contributed by atoms with Gasteiger partial charge >= 0.3 is 12.2 Å². The van der Waals surface area contributed by atoms with Crippen LogP contribution in [0.2, 0.25) is 5.15 Å². The molecule has 3 aromatic heterocycles. The second-order valence-electron chi connectivity index (χ2n) is 11.3. The maximum Gasteiger partial charge on any atom is 0.413 e. The number of alkyl halides is 2. The quantitative estimate of drug-likeness (QED) is 0.280. The number of hydrogen-bond donors (Lipinski definition) is 3. The molecule has 1 saturated carbocycles. The molecule has 13 nitrogen and oxygen atoms in total. The first-order valence-electron chi connectivity index (χ1n) is 13.3. The minimum atomic E-state index is -3.05. The molecule has 236 valence electrons. The highest BCUT2D eigenvalue weighted by atomic mass is 35.5. The summed E-state index contributed by atoms with van der Waals surface area (Å²) in [5, 5.41) is 15.4. The van der Waals surface area contributed by atoms with Gasteiger partial charge in [0.1, 0.15) is 22.7 Å². The molecule has 0 spiro atoms. The number of carbonyl (C=O) groups excluding carboxylic acids is 3. The summed E-state index contributed by atoms with van der Waals surface area (Å²) >= 11 is 5.99. The molecule has 1 aliphatic rings. The fourth-order valence-electron chi connectivity index (χ4n) is 4.47. The molecule has 44 heavy (non-hydrogen) atoms. The first kappa shape index (κ1) is 32.4. The maximum atomic E-state index is 13.9. The number of aromatic nitrogens is 5. The summed E-state index contributed by atoms with van der Waals surface area (Å²) < 4.78 is 53.0. The molecule has 4 rings (SSSR count). The topological polar surface area (TPSA) is 162 Å². The van der Waals surface area contributed by atoms with E-state index in [1.807, 2.05) is 0 Å². The van der Waals surface area contributed by atoms with Gasteiger partial charge in [-0.15, -0.1) is 5.10 Å². The van der Waals surface area contributed by atoms with E-state index in [9.17, 15) is 27.6 Å². The van der Waals surface area contributed by atoms with Gasteiger partial charge in [-0.25, -0.2) is 32.4 Å². The van der Waals surface area contributed by atoms with Crippen LogP contribution in [0.5, 0.6) is 0 Å². The molecule has 3 N–H and O–H groups in total. The predicted molar refractivity (Wildman–Crippen MR) is 151 cm³/mol. The number of amides is 3. The summed E-state index contributed by atoms with van der Waals surface area (Å²) in [6, 6.07) is 4.03. The van der Waals surface area contributed by atoms with Crippen LogP contribution in [0.1, 0.15) is 52.2 Å². The summed E-state index contributed by atoms with van der Waals surface area (Å²) in [5.74, 6) is -4.31. The second-order valence-corrected chi connectivity index (χ2v) is 11.7. The zero-order valence-corrected chi connectivity index (χ0v) is 25.1. The van der Waals surface area contributed by atoms with Crippen LogP contribution in [-0.4, -0.2) is 61.1 Å². The Morgan fingerprint density at radius 1 is 1.11 bits per heavy atom. The van der Waals surface area contributed by atoms with E-state index in [0.29, 0.717) is 0 Å². The van der Waals surface area contributed by atoms with Crippen molar-refractivity contribution in [1.82, 2.24) is 30.3 Å². The van der Waals surface area contributed by atoms with Crippen molar-refractivity contribution in [2.24, 2.45) is 12.5 Å². The molecule has 3 aromatic rings. The maximum absolute atomic E-state index is 13.9. The van der Waals surface area contributed by atoms with Crippen LogP contribution >= 0.6 is 11.6 Å². The molecule has 0 saturated heterocycles. The summed E-state index contributed by atoms with van der Waals surface area (Å²) in [4.78, 5) is 45.7. The van der Waals surface area contributed by atoms with Gasteiger partial charge in [-0.05, 0) is 45.9 Å². The van der Waals surface area contributed by atoms with E-state index in [-0.39, 0.29) is 40.2 Å². The van der Waals surface area contributed by atoms with Gasteiger partial charge in [0.15, 0.2) is 11.5 Å². The van der Waals surface area contributed by atoms with Crippen molar-refractivity contribution in [2.75, 3.05) is 17.2 Å². The molecule has 1 atom stereocenters. The van der Waals surface area contributed by atoms with Crippen LogP contribution in [0.4, 0.5) is 34.3 Å². The van der Waals surface area contributed by atoms with Gasteiger partial charge in [0, 0.05) is 32.0 Å². The highest BCUT2D eigenvalue weighted by Crippen LogP contribution is 2.52. The lowest BCUT2D eigenvalue weighted by atomic mass is 9.65. The Balaban J connectivity index is 1.42. The molecule has 3 heterocycles. The number of aryl methyl sites for hydroxylation is 1. The minimum Gasteiger partial charge on any atom is -0.444 e. The lowest BCUT2D eigenvalue weighted by Crippen LogP contribution is -2.58. The van der Waals surface area contributed by atoms with E-state index in [0.717, 1.165) is 12.3 Å². The summed E-state index contributed by atoms with van der Waals surface area (Å²) in [5.41, 5.74) is -1.60. The SMILES string of the molecule is C[C@@H](OC(=O)Nc1c(-c2ccc(NC(=O)C3(CNC(=O)OC(C)(C)C)CC(F)(F)C3)cn2)nnn1C)c1cc(F)cnc1Cl. The fourth-order valence-corrected chi connectivity index (χ4v) is 4.73. The minimum absolute atomic E-state index is 0.0257. The van der Waals surface area contributed by atoms with E-state index in [1.165, 1.54) is 37.0 Å². The number of pyridine rings is 2. The van der Waals surface area contributed by atoms with Gasteiger partial charge < -0.3 is 20.1 Å². The van der Waals surface area contributed by atoms with Gasteiger partial charge in [0.05, 0.1) is 29.2 Å². The van der Waals surface area contributed by atoms with E-state index < -0.39 is 59.8 Å². The van der Waals surface area contributed by atoms with Crippen molar-refractivity contribution in [3.8, 4) is 11.4 Å². The first-order valence-corrected chi connectivity index (χ1v) is 13.7. The smallest absolute Gasteiger partial charge is 0.413 e. The molecular formula is C27H30ClF3N8O5. The number of alkyl carbamates (subject to hydrolysis) is 1. The van der Waals surface area contributed by atoms with Crippen molar-refractivity contribution in [2.45, 2.75) is 58.2 Å². The third-order valence-corrected chi connectivity index (χ3v) is 6.83. The third-order valence-electron chi connectivity index (χ3n) is 6.51. The zero-order chi connectivity index (χ0) is 32.4. The molecular weight excluding hydrogens is 609 g/mol. The van der Waals surface area contributed by atoms with E-state index in [4.69, 9.17) is 21.1 Å². The van der Waals surface area contributed by atoms with Crippen molar-refractivity contribution in [3.05, 3.63) is 47.1 Å². The Morgan fingerprint density at radius 3 is 2.43 bits per heavy atom. The monoisotopic (exact) mass is 638 g/mol. The van der Waals surface area contributed by atoms with Gasteiger partial charge in [-0.2, -0.15) is 0 Å². The highest BCUT2D eigenvalue weighted by Gasteiger charge is 2.60. The number of halogens is 4. The number of nitrogens with one attached hydrogen (secondary N) is 3. The first-order chi connectivity index (χ1) is 20.5. The van der Waals surface area contributed by atoms with Crippen LogP contribution in [-0.2, 0) is 21.3 Å². The average Bonchev–Trinajstić information content (AvgIpc) is 3.26. The Labute approximate surface area is 254 Å². The van der Waals surface area contributed by atoms with E-state index in [2.05, 4.69) is 36.2 Å². The molecule has 3 amide bonds. The van der Waals surface area contributed by atoms with Crippen molar-refractivity contribution in [1.29, 1.82) is 0 Å². The van der Waals surface area contributed by atoms with Crippen LogP contribution in [0, 0.1) is 11.2 Å². The van der Waals surface area contributed by atoms with Crippen molar-refractivity contribution < 1.29 is 37.0 Å². The van der Waals surface area contributed by atoms with E-state index in [1.54, 1.807) is 20.8 Å².